The minimum atomic E-state index is 0.646. The molecule has 1 aromatic carbocycles. The number of amides is 1. The Morgan fingerprint density at radius 1 is 1.21 bits per heavy atom. The fourth-order valence-corrected chi connectivity index (χ4v) is 2.49. The first-order chi connectivity index (χ1) is 9.24. The molecule has 0 heterocycles. The first kappa shape index (κ1) is 13.6. The van der Waals surface area contributed by atoms with Gasteiger partial charge in [0.25, 0.3) is 0 Å². The van der Waals surface area contributed by atoms with E-state index in [4.69, 9.17) is 0 Å². The lowest BCUT2D eigenvalue weighted by molar-refractivity contribution is -0.116. The first-order valence-corrected chi connectivity index (χ1v) is 6.89. The molecular weight excluding hydrogens is 234 g/mol. The molecule has 19 heavy (non-hydrogen) atoms. The van der Waals surface area contributed by atoms with E-state index in [0.717, 1.165) is 36.9 Å². The Balaban J connectivity index is 2.26. The summed E-state index contributed by atoms with van der Waals surface area (Å²) in [5, 5.41) is 0. The Labute approximate surface area is 115 Å². The van der Waals surface area contributed by atoms with Gasteiger partial charge in [-0.25, -0.2) is 0 Å². The van der Waals surface area contributed by atoms with Gasteiger partial charge in [0, 0.05) is 5.70 Å². The molecule has 100 valence electrons. The third kappa shape index (κ3) is 3.34. The van der Waals surface area contributed by atoms with E-state index in [-0.39, 0.29) is 0 Å². The smallest absolute Gasteiger partial charge is 0.214 e. The summed E-state index contributed by atoms with van der Waals surface area (Å²) in [5.41, 5.74) is 5.00. The van der Waals surface area contributed by atoms with Gasteiger partial charge < -0.3 is 4.90 Å². The van der Waals surface area contributed by atoms with E-state index in [0.29, 0.717) is 6.54 Å². The molecule has 0 bridgehead atoms. The second-order valence-electron chi connectivity index (χ2n) is 5.05. The zero-order valence-electron chi connectivity index (χ0n) is 11.7. The summed E-state index contributed by atoms with van der Waals surface area (Å²) in [4.78, 5) is 13.3. The molecule has 0 spiro atoms. The lowest BCUT2D eigenvalue weighted by Crippen LogP contribution is -2.22. The SMILES string of the molecule is CCC1=C(N(C=O)Cc2ccccc2)C=C(C)CC1. The minimum Gasteiger partial charge on any atom is -0.311 e. The largest absolute Gasteiger partial charge is 0.311 e. The summed E-state index contributed by atoms with van der Waals surface area (Å²) in [6.07, 6.45) is 6.32. The van der Waals surface area contributed by atoms with E-state index < -0.39 is 0 Å². The van der Waals surface area contributed by atoms with Gasteiger partial charge in [-0.1, -0.05) is 42.8 Å². The molecule has 1 aliphatic carbocycles. The van der Waals surface area contributed by atoms with Gasteiger partial charge in [-0.05, 0) is 43.4 Å². The number of carbonyl (C=O) groups excluding carboxylic acids is 1. The number of benzene rings is 1. The number of hydrogen-bond donors (Lipinski definition) is 0. The van der Waals surface area contributed by atoms with Crippen molar-refractivity contribution >= 4 is 6.41 Å². The van der Waals surface area contributed by atoms with Gasteiger partial charge in [0.05, 0.1) is 6.54 Å². The van der Waals surface area contributed by atoms with Crippen molar-refractivity contribution in [2.24, 2.45) is 0 Å². The van der Waals surface area contributed by atoms with E-state index in [1.165, 1.54) is 11.1 Å². The molecule has 2 heteroatoms. The van der Waals surface area contributed by atoms with Crippen molar-refractivity contribution in [3.05, 3.63) is 58.8 Å². The summed E-state index contributed by atoms with van der Waals surface area (Å²) >= 11 is 0. The average Bonchev–Trinajstić information content (AvgIpc) is 2.46. The number of carbonyl (C=O) groups is 1. The van der Waals surface area contributed by atoms with E-state index in [1.54, 1.807) is 0 Å². The summed E-state index contributed by atoms with van der Waals surface area (Å²) in [6, 6.07) is 10.1. The molecule has 1 aromatic rings. The van der Waals surface area contributed by atoms with Crippen LogP contribution in [0.5, 0.6) is 0 Å². The van der Waals surface area contributed by atoms with Crippen molar-refractivity contribution in [2.75, 3.05) is 0 Å². The Bertz CT molecular complexity index is 499. The molecule has 1 amide bonds. The van der Waals surface area contributed by atoms with Crippen LogP contribution in [0, 0.1) is 0 Å². The lowest BCUT2D eigenvalue weighted by atomic mass is 9.94. The maximum atomic E-state index is 11.4. The van der Waals surface area contributed by atoms with Crippen LogP contribution in [0.25, 0.3) is 0 Å². The maximum Gasteiger partial charge on any atom is 0.214 e. The van der Waals surface area contributed by atoms with Crippen molar-refractivity contribution in [1.82, 2.24) is 4.90 Å². The summed E-state index contributed by atoms with van der Waals surface area (Å²) in [5.74, 6) is 0. The maximum absolute atomic E-state index is 11.4. The van der Waals surface area contributed by atoms with E-state index >= 15 is 0 Å². The van der Waals surface area contributed by atoms with Gasteiger partial charge in [-0.2, -0.15) is 0 Å². The number of allylic oxidation sites excluding steroid dienone is 3. The highest BCUT2D eigenvalue weighted by Crippen LogP contribution is 2.28. The number of hydrogen-bond acceptors (Lipinski definition) is 1. The summed E-state index contributed by atoms with van der Waals surface area (Å²) in [6.45, 7) is 4.94. The topological polar surface area (TPSA) is 20.3 Å². The molecule has 0 fully saturated rings. The van der Waals surface area contributed by atoms with Crippen LogP contribution in [0.15, 0.2) is 53.3 Å². The molecule has 2 rings (SSSR count). The molecule has 1 aliphatic rings. The van der Waals surface area contributed by atoms with Crippen LogP contribution in [0.4, 0.5) is 0 Å². The quantitative estimate of drug-likeness (QED) is 0.727. The Hall–Kier alpha value is -1.83. The van der Waals surface area contributed by atoms with Crippen LogP contribution in [-0.2, 0) is 11.3 Å². The fraction of sp³-hybridized carbons (Fsp3) is 0.353. The first-order valence-electron chi connectivity index (χ1n) is 6.89. The van der Waals surface area contributed by atoms with Crippen molar-refractivity contribution in [2.45, 2.75) is 39.7 Å². The average molecular weight is 255 g/mol. The van der Waals surface area contributed by atoms with Gasteiger partial charge in [0.15, 0.2) is 0 Å². The van der Waals surface area contributed by atoms with Gasteiger partial charge in [0.1, 0.15) is 0 Å². The zero-order valence-corrected chi connectivity index (χ0v) is 11.7. The van der Waals surface area contributed by atoms with Gasteiger partial charge in [0.2, 0.25) is 6.41 Å². The van der Waals surface area contributed by atoms with Crippen LogP contribution in [-0.4, -0.2) is 11.3 Å². The summed E-state index contributed by atoms with van der Waals surface area (Å²) < 4.78 is 0. The van der Waals surface area contributed by atoms with Crippen LogP contribution < -0.4 is 0 Å². The molecule has 0 saturated carbocycles. The van der Waals surface area contributed by atoms with E-state index in [1.807, 2.05) is 23.1 Å². The normalized spacial score (nSPS) is 15.2. The van der Waals surface area contributed by atoms with Crippen LogP contribution in [0.1, 0.15) is 38.7 Å². The van der Waals surface area contributed by atoms with Crippen LogP contribution in [0.3, 0.4) is 0 Å². The van der Waals surface area contributed by atoms with Crippen molar-refractivity contribution in [3.8, 4) is 0 Å². The van der Waals surface area contributed by atoms with Crippen molar-refractivity contribution < 1.29 is 4.79 Å². The van der Waals surface area contributed by atoms with Gasteiger partial charge >= 0.3 is 0 Å². The molecule has 0 N–H and O–H groups in total. The van der Waals surface area contributed by atoms with Gasteiger partial charge in [-0.3, -0.25) is 4.79 Å². The Morgan fingerprint density at radius 3 is 2.58 bits per heavy atom. The second kappa shape index (κ2) is 6.37. The van der Waals surface area contributed by atoms with Crippen molar-refractivity contribution in [1.29, 1.82) is 0 Å². The Kier molecular flexibility index (Phi) is 4.56. The third-order valence-corrected chi connectivity index (χ3v) is 3.63. The predicted molar refractivity (Wildman–Crippen MR) is 78.4 cm³/mol. The molecule has 0 atom stereocenters. The highest BCUT2D eigenvalue weighted by molar-refractivity contribution is 5.55. The molecule has 0 saturated heterocycles. The Morgan fingerprint density at radius 2 is 1.95 bits per heavy atom. The third-order valence-electron chi connectivity index (χ3n) is 3.63. The lowest BCUT2D eigenvalue weighted by Gasteiger charge is -2.26. The number of rotatable bonds is 5. The van der Waals surface area contributed by atoms with E-state index in [2.05, 4.69) is 32.1 Å². The van der Waals surface area contributed by atoms with Crippen LogP contribution in [0.2, 0.25) is 0 Å². The minimum absolute atomic E-state index is 0.646. The fourth-order valence-electron chi connectivity index (χ4n) is 2.49. The second-order valence-corrected chi connectivity index (χ2v) is 5.05. The monoisotopic (exact) mass is 255 g/mol. The molecule has 2 nitrogen and oxygen atoms in total. The number of nitrogens with zero attached hydrogens (tertiary/aromatic N) is 1. The van der Waals surface area contributed by atoms with Crippen LogP contribution >= 0.6 is 0 Å². The standard InChI is InChI=1S/C17H21NO/c1-3-16-10-9-14(2)11-17(16)18(13-19)12-15-7-5-4-6-8-15/h4-8,11,13H,3,9-10,12H2,1-2H3. The molecule has 0 aromatic heterocycles. The molecule has 0 aliphatic heterocycles. The van der Waals surface area contributed by atoms with Gasteiger partial charge in [-0.15, -0.1) is 0 Å². The molecular formula is C17H21NO. The predicted octanol–water partition coefficient (Wildman–Crippen LogP) is 4.05. The highest BCUT2D eigenvalue weighted by Gasteiger charge is 2.16. The molecule has 0 unspecified atom stereocenters. The molecule has 0 radical (unpaired) electrons. The van der Waals surface area contributed by atoms with E-state index in [9.17, 15) is 4.79 Å². The summed E-state index contributed by atoms with van der Waals surface area (Å²) in [7, 11) is 0. The van der Waals surface area contributed by atoms with Crippen molar-refractivity contribution in [3.63, 3.8) is 0 Å². The highest BCUT2D eigenvalue weighted by atomic mass is 16.1. The zero-order chi connectivity index (χ0) is 13.7.